The van der Waals surface area contributed by atoms with Crippen LogP contribution in [0, 0.1) is 0 Å². The third-order valence-corrected chi connectivity index (χ3v) is 3.50. The zero-order valence-electron chi connectivity index (χ0n) is 9.79. The molecule has 0 aromatic heterocycles. The fourth-order valence-corrected chi connectivity index (χ4v) is 2.32. The van der Waals surface area contributed by atoms with Crippen molar-refractivity contribution in [2.45, 2.75) is 38.0 Å². The van der Waals surface area contributed by atoms with Crippen LogP contribution < -0.4 is 5.32 Å². The lowest BCUT2D eigenvalue weighted by molar-refractivity contribution is -0.0500. The molecule has 0 bridgehead atoms. The van der Waals surface area contributed by atoms with Crippen molar-refractivity contribution >= 4 is 11.6 Å². The predicted molar refractivity (Wildman–Crippen MR) is 66.6 cm³/mol. The van der Waals surface area contributed by atoms with Gasteiger partial charge in [0.25, 0.3) is 0 Å². The molecule has 1 N–H and O–H groups in total. The minimum Gasteiger partial charge on any atom is -0.360 e. The van der Waals surface area contributed by atoms with Gasteiger partial charge in [-0.2, -0.15) is 0 Å². The highest BCUT2D eigenvalue weighted by atomic mass is 35.5. The maximum absolute atomic E-state index is 6.25. The van der Waals surface area contributed by atoms with Gasteiger partial charge in [0.2, 0.25) is 0 Å². The molecule has 1 aromatic carbocycles. The highest BCUT2D eigenvalue weighted by molar-refractivity contribution is 6.31. The van der Waals surface area contributed by atoms with E-state index in [0.29, 0.717) is 6.04 Å². The van der Waals surface area contributed by atoms with E-state index in [1.165, 1.54) is 12.8 Å². The third kappa shape index (κ3) is 2.24. The quantitative estimate of drug-likeness (QED) is 0.797. The molecule has 16 heavy (non-hydrogen) atoms. The second-order valence-corrected chi connectivity index (χ2v) is 4.69. The fraction of sp³-hybridized carbons (Fsp3) is 0.538. The molecule has 1 atom stereocenters. The van der Waals surface area contributed by atoms with Crippen LogP contribution in [0.2, 0.25) is 5.02 Å². The molecule has 0 unspecified atom stereocenters. The normalized spacial score (nSPS) is 19.4. The van der Waals surface area contributed by atoms with Crippen LogP contribution >= 0.6 is 11.6 Å². The summed E-state index contributed by atoms with van der Waals surface area (Å²) < 4.78 is 5.71. The first-order chi connectivity index (χ1) is 7.72. The second-order valence-electron chi connectivity index (χ2n) is 4.28. The van der Waals surface area contributed by atoms with Crippen molar-refractivity contribution in [2.24, 2.45) is 0 Å². The van der Waals surface area contributed by atoms with E-state index in [2.05, 4.69) is 12.2 Å². The summed E-state index contributed by atoms with van der Waals surface area (Å²) in [5.74, 6) is 0. The predicted octanol–water partition coefficient (Wildman–Crippen LogP) is 3.30. The molecular formula is C13H18ClNO. The van der Waals surface area contributed by atoms with Gasteiger partial charge in [0, 0.05) is 23.7 Å². The SMILES string of the molecule is CC[C@](NC1CC1)(OC)c1ccccc1Cl. The first-order valence-electron chi connectivity index (χ1n) is 5.79. The summed E-state index contributed by atoms with van der Waals surface area (Å²) in [6.45, 7) is 2.11. The number of methoxy groups -OCH3 is 1. The van der Waals surface area contributed by atoms with Crippen molar-refractivity contribution in [3.05, 3.63) is 34.9 Å². The van der Waals surface area contributed by atoms with E-state index in [1.807, 2.05) is 24.3 Å². The molecule has 2 rings (SSSR count). The highest BCUT2D eigenvalue weighted by Gasteiger charge is 2.37. The molecule has 1 aliphatic carbocycles. The molecule has 1 aromatic rings. The Morgan fingerprint density at radius 3 is 2.62 bits per heavy atom. The van der Waals surface area contributed by atoms with Crippen LogP contribution in [0.25, 0.3) is 0 Å². The Morgan fingerprint density at radius 1 is 1.44 bits per heavy atom. The molecule has 0 saturated heterocycles. The van der Waals surface area contributed by atoms with Crippen molar-refractivity contribution in [3.63, 3.8) is 0 Å². The molecule has 3 heteroatoms. The van der Waals surface area contributed by atoms with Gasteiger partial charge in [-0.1, -0.05) is 36.7 Å². The number of benzene rings is 1. The molecular weight excluding hydrogens is 222 g/mol. The molecule has 1 aliphatic rings. The van der Waals surface area contributed by atoms with E-state index in [-0.39, 0.29) is 0 Å². The van der Waals surface area contributed by atoms with Crippen LogP contribution in [0.15, 0.2) is 24.3 Å². The van der Waals surface area contributed by atoms with Gasteiger partial charge in [-0.15, -0.1) is 0 Å². The van der Waals surface area contributed by atoms with Crippen LogP contribution in [0.5, 0.6) is 0 Å². The van der Waals surface area contributed by atoms with E-state index in [9.17, 15) is 0 Å². The summed E-state index contributed by atoms with van der Waals surface area (Å²) in [4.78, 5) is 0. The van der Waals surface area contributed by atoms with Gasteiger partial charge < -0.3 is 4.74 Å². The number of hydrogen-bond donors (Lipinski definition) is 1. The Morgan fingerprint density at radius 2 is 2.12 bits per heavy atom. The van der Waals surface area contributed by atoms with E-state index >= 15 is 0 Å². The molecule has 0 amide bonds. The Hall–Kier alpha value is -0.570. The van der Waals surface area contributed by atoms with E-state index in [1.54, 1.807) is 7.11 Å². The van der Waals surface area contributed by atoms with Gasteiger partial charge >= 0.3 is 0 Å². The summed E-state index contributed by atoms with van der Waals surface area (Å²) >= 11 is 6.25. The van der Waals surface area contributed by atoms with Crippen LogP contribution in [0.3, 0.4) is 0 Å². The average Bonchev–Trinajstić information content (AvgIpc) is 3.11. The van der Waals surface area contributed by atoms with Crippen molar-refractivity contribution < 1.29 is 4.74 Å². The molecule has 1 fully saturated rings. The molecule has 2 nitrogen and oxygen atoms in total. The Bertz CT molecular complexity index is 359. The van der Waals surface area contributed by atoms with Crippen molar-refractivity contribution in [2.75, 3.05) is 7.11 Å². The van der Waals surface area contributed by atoms with E-state index < -0.39 is 5.72 Å². The van der Waals surface area contributed by atoms with Gasteiger partial charge in [0.1, 0.15) is 5.72 Å². The lowest BCUT2D eigenvalue weighted by Gasteiger charge is -2.34. The van der Waals surface area contributed by atoms with Gasteiger partial charge in [0.15, 0.2) is 0 Å². The van der Waals surface area contributed by atoms with Crippen LogP contribution in [0.4, 0.5) is 0 Å². The van der Waals surface area contributed by atoms with Crippen molar-refractivity contribution in [1.82, 2.24) is 5.32 Å². The summed E-state index contributed by atoms with van der Waals surface area (Å²) in [7, 11) is 1.74. The lowest BCUT2D eigenvalue weighted by atomic mass is 9.99. The number of hydrogen-bond acceptors (Lipinski definition) is 2. The fourth-order valence-electron chi connectivity index (χ4n) is 2.03. The maximum atomic E-state index is 6.25. The topological polar surface area (TPSA) is 21.3 Å². The van der Waals surface area contributed by atoms with Crippen LogP contribution in [-0.2, 0) is 10.5 Å². The van der Waals surface area contributed by atoms with Gasteiger partial charge in [-0.25, -0.2) is 0 Å². The zero-order chi connectivity index (χ0) is 11.6. The first-order valence-corrected chi connectivity index (χ1v) is 6.17. The third-order valence-electron chi connectivity index (χ3n) is 3.17. The van der Waals surface area contributed by atoms with Gasteiger partial charge in [-0.3, -0.25) is 5.32 Å². The molecule has 1 saturated carbocycles. The summed E-state index contributed by atoms with van der Waals surface area (Å²) in [6, 6.07) is 8.47. The van der Waals surface area contributed by atoms with Crippen LogP contribution in [-0.4, -0.2) is 13.2 Å². The minimum atomic E-state index is -0.431. The molecule has 0 spiro atoms. The molecule has 0 heterocycles. The largest absolute Gasteiger partial charge is 0.360 e. The number of halogens is 1. The maximum Gasteiger partial charge on any atom is 0.146 e. The Labute approximate surface area is 102 Å². The highest BCUT2D eigenvalue weighted by Crippen LogP contribution is 2.35. The second kappa shape index (κ2) is 4.74. The number of nitrogens with one attached hydrogen (secondary N) is 1. The average molecular weight is 240 g/mol. The monoisotopic (exact) mass is 239 g/mol. The molecule has 88 valence electrons. The van der Waals surface area contributed by atoms with Crippen molar-refractivity contribution in [1.29, 1.82) is 0 Å². The Balaban J connectivity index is 2.33. The zero-order valence-corrected chi connectivity index (χ0v) is 10.6. The number of rotatable bonds is 5. The molecule has 0 radical (unpaired) electrons. The van der Waals surface area contributed by atoms with Crippen LogP contribution in [0.1, 0.15) is 31.7 Å². The summed E-state index contributed by atoms with van der Waals surface area (Å²) in [5.41, 5.74) is 0.605. The standard InChI is InChI=1S/C13H18ClNO/c1-3-13(16-2,15-10-8-9-10)11-6-4-5-7-12(11)14/h4-7,10,15H,3,8-9H2,1-2H3/t13-/m0/s1. The smallest absolute Gasteiger partial charge is 0.146 e. The molecule has 0 aliphatic heterocycles. The van der Waals surface area contributed by atoms with Gasteiger partial charge in [-0.05, 0) is 25.3 Å². The Kier molecular flexibility index (Phi) is 3.53. The lowest BCUT2D eigenvalue weighted by Crippen LogP contribution is -2.45. The number of ether oxygens (including phenoxy) is 1. The van der Waals surface area contributed by atoms with E-state index in [4.69, 9.17) is 16.3 Å². The summed E-state index contributed by atoms with van der Waals surface area (Å²) in [6.07, 6.45) is 3.33. The first kappa shape index (κ1) is 11.9. The summed E-state index contributed by atoms with van der Waals surface area (Å²) in [5, 5.41) is 4.32. The van der Waals surface area contributed by atoms with Gasteiger partial charge in [0.05, 0.1) is 0 Å². The van der Waals surface area contributed by atoms with E-state index in [0.717, 1.165) is 17.0 Å². The minimum absolute atomic E-state index is 0.431. The van der Waals surface area contributed by atoms with Crippen molar-refractivity contribution in [3.8, 4) is 0 Å².